The second-order valence-electron chi connectivity index (χ2n) is 5.32. The number of carbonyl (C=O) groups is 1. The highest BCUT2D eigenvalue weighted by atomic mass is 35.5. The van der Waals surface area contributed by atoms with Crippen molar-refractivity contribution in [3.63, 3.8) is 0 Å². The number of hydrogen-bond donors (Lipinski definition) is 2. The normalized spacial score (nSPS) is 10.8. The molecule has 1 heterocycles. The van der Waals surface area contributed by atoms with Gasteiger partial charge in [0.25, 0.3) is 0 Å². The molecule has 0 saturated heterocycles. The highest BCUT2D eigenvalue weighted by Crippen LogP contribution is 2.22. The molecule has 1 aromatic heterocycles. The molecule has 0 aliphatic heterocycles. The lowest BCUT2D eigenvalue weighted by Gasteiger charge is -2.10. The summed E-state index contributed by atoms with van der Waals surface area (Å²) in [4.78, 5) is 16.3. The summed E-state index contributed by atoms with van der Waals surface area (Å²) < 4.78 is 0. The van der Waals surface area contributed by atoms with Crippen molar-refractivity contribution < 1.29 is 4.79 Å². The summed E-state index contributed by atoms with van der Waals surface area (Å²) >= 11 is 17.1. The van der Waals surface area contributed by atoms with Crippen LogP contribution in [0.15, 0.2) is 60.8 Å². The summed E-state index contributed by atoms with van der Waals surface area (Å²) in [6.07, 6.45) is 4.67. The van der Waals surface area contributed by atoms with Crippen LogP contribution in [0.25, 0.3) is 17.0 Å². The molecule has 1 amide bonds. The van der Waals surface area contributed by atoms with E-state index >= 15 is 0 Å². The maximum absolute atomic E-state index is 12.1. The van der Waals surface area contributed by atoms with Crippen molar-refractivity contribution in [1.82, 2.24) is 10.3 Å². The number of carbonyl (C=O) groups excluding carboxylic acids is 1. The van der Waals surface area contributed by atoms with Gasteiger partial charge >= 0.3 is 0 Å². The van der Waals surface area contributed by atoms with Crippen molar-refractivity contribution >= 4 is 69.1 Å². The van der Waals surface area contributed by atoms with Gasteiger partial charge in [0.05, 0.1) is 5.52 Å². The van der Waals surface area contributed by atoms with Gasteiger partial charge in [-0.05, 0) is 60.3 Å². The second-order valence-corrected chi connectivity index (χ2v) is 6.57. The van der Waals surface area contributed by atoms with Crippen molar-refractivity contribution in [3.05, 3.63) is 76.4 Å². The quantitative estimate of drug-likeness (QED) is 0.475. The SMILES string of the molecule is O=C(C=Cc1ccc(Cl)cc1Cl)NC(=S)Nc1cccc2ncccc12. The zero-order valence-electron chi connectivity index (χ0n) is 13.4. The van der Waals surface area contributed by atoms with Gasteiger partial charge in [-0.25, -0.2) is 0 Å². The predicted octanol–water partition coefficient (Wildman–Crippen LogP) is 5.07. The number of rotatable bonds is 3. The maximum Gasteiger partial charge on any atom is 0.250 e. The number of amides is 1. The number of thiocarbonyl (C=S) groups is 1. The second kappa shape index (κ2) is 8.27. The fourth-order valence-corrected chi connectivity index (χ4v) is 3.00. The van der Waals surface area contributed by atoms with Crippen LogP contribution in [0.3, 0.4) is 0 Å². The topological polar surface area (TPSA) is 54.0 Å². The van der Waals surface area contributed by atoms with Crippen molar-refractivity contribution in [2.45, 2.75) is 0 Å². The Balaban J connectivity index is 1.66. The largest absolute Gasteiger partial charge is 0.332 e. The lowest BCUT2D eigenvalue weighted by atomic mass is 10.2. The van der Waals surface area contributed by atoms with Gasteiger partial charge in [0.2, 0.25) is 5.91 Å². The van der Waals surface area contributed by atoms with E-state index in [9.17, 15) is 4.79 Å². The molecule has 0 spiro atoms. The van der Waals surface area contributed by atoms with E-state index < -0.39 is 0 Å². The van der Waals surface area contributed by atoms with Crippen LogP contribution in [0.2, 0.25) is 10.0 Å². The smallest absolute Gasteiger partial charge is 0.250 e. The summed E-state index contributed by atoms with van der Waals surface area (Å²) in [6, 6.07) is 14.4. The number of benzene rings is 2. The van der Waals surface area contributed by atoms with Crippen LogP contribution >= 0.6 is 35.4 Å². The highest BCUT2D eigenvalue weighted by Gasteiger charge is 2.06. The van der Waals surface area contributed by atoms with E-state index in [1.807, 2.05) is 30.3 Å². The Bertz CT molecular complexity index is 1020. The van der Waals surface area contributed by atoms with E-state index in [2.05, 4.69) is 15.6 Å². The summed E-state index contributed by atoms with van der Waals surface area (Å²) in [5, 5.41) is 7.72. The van der Waals surface area contributed by atoms with E-state index in [1.165, 1.54) is 6.08 Å². The van der Waals surface area contributed by atoms with Crippen LogP contribution in [-0.4, -0.2) is 16.0 Å². The monoisotopic (exact) mass is 401 g/mol. The summed E-state index contributed by atoms with van der Waals surface area (Å²) in [7, 11) is 0. The van der Waals surface area contributed by atoms with Crippen LogP contribution in [-0.2, 0) is 4.79 Å². The third-order valence-corrected chi connectivity index (χ3v) is 4.27. The van der Waals surface area contributed by atoms with E-state index in [0.717, 1.165) is 16.6 Å². The number of fused-ring (bicyclic) bond motifs is 1. The number of anilines is 1. The van der Waals surface area contributed by atoms with E-state index in [0.29, 0.717) is 15.6 Å². The maximum atomic E-state index is 12.1. The minimum atomic E-state index is -0.369. The standard InChI is InChI=1S/C19H13Cl2N3OS/c20-13-8-6-12(15(21)11-13)7-9-18(25)24-19(26)23-17-5-1-4-16-14(17)3-2-10-22-16/h1-11H,(H2,23,24,25,26). The van der Waals surface area contributed by atoms with Gasteiger partial charge in [0.1, 0.15) is 0 Å². The minimum absolute atomic E-state index is 0.193. The van der Waals surface area contributed by atoms with Crippen molar-refractivity contribution in [2.75, 3.05) is 5.32 Å². The zero-order valence-corrected chi connectivity index (χ0v) is 15.7. The lowest BCUT2D eigenvalue weighted by Crippen LogP contribution is -2.32. The number of nitrogens with one attached hydrogen (secondary N) is 2. The fourth-order valence-electron chi connectivity index (χ4n) is 2.32. The Hall–Kier alpha value is -2.47. The molecule has 0 unspecified atom stereocenters. The molecule has 0 radical (unpaired) electrons. The van der Waals surface area contributed by atoms with Gasteiger partial charge in [-0.3, -0.25) is 15.1 Å². The van der Waals surface area contributed by atoms with E-state index in [-0.39, 0.29) is 11.0 Å². The van der Waals surface area contributed by atoms with Crippen LogP contribution < -0.4 is 10.6 Å². The van der Waals surface area contributed by atoms with Crippen LogP contribution in [0.5, 0.6) is 0 Å². The molecule has 0 saturated carbocycles. The molecule has 3 rings (SSSR count). The number of halogens is 2. The van der Waals surface area contributed by atoms with Crippen LogP contribution in [0.4, 0.5) is 5.69 Å². The third-order valence-electron chi connectivity index (χ3n) is 3.51. The first-order valence-corrected chi connectivity index (χ1v) is 8.78. The molecule has 0 aliphatic rings. The lowest BCUT2D eigenvalue weighted by molar-refractivity contribution is -0.115. The molecule has 4 nitrogen and oxygen atoms in total. The molecule has 0 bridgehead atoms. The molecule has 130 valence electrons. The molecule has 0 aliphatic carbocycles. The van der Waals surface area contributed by atoms with Gasteiger partial charge < -0.3 is 5.32 Å². The molecule has 0 atom stereocenters. The number of nitrogens with zero attached hydrogens (tertiary/aromatic N) is 1. The summed E-state index contributed by atoms with van der Waals surface area (Å²) in [5.41, 5.74) is 2.29. The first-order chi connectivity index (χ1) is 12.5. The fraction of sp³-hybridized carbons (Fsp3) is 0. The summed E-state index contributed by atoms with van der Waals surface area (Å²) in [6.45, 7) is 0. The van der Waals surface area contributed by atoms with Crippen LogP contribution in [0.1, 0.15) is 5.56 Å². The Labute approximate surface area is 165 Å². The summed E-state index contributed by atoms with van der Waals surface area (Å²) in [5.74, 6) is -0.369. The molecule has 3 aromatic rings. The van der Waals surface area contributed by atoms with E-state index in [1.54, 1.807) is 30.5 Å². The Morgan fingerprint density at radius 1 is 1.12 bits per heavy atom. The first kappa shape index (κ1) is 18.3. The van der Waals surface area contributed by atoms with Crippen LogP contribution in [0, 0.1) is 0 Å². The number of hydrogen-bond acceptors (Lipinski definition) is 3. The highest BCUT2D eigenvalue weighted by molar-refractivity contribution is 7.80. The Morgan fingerprint density at radius 2 is 1.96 bits per heavy atom. The molecule has 0 fully saturated rings. The first-order valence-electron chi connectivity index (χ1n) is 7.62. The average Bonchev–Trinajstić information content (AvgIpc) is 2.61. The van der Waals surface area contributed by atoms with Gasteiger partial charge in [-0.15, -0.1) is 0 Å². The number of pyridine rings is 1. The van der Waals surface area contributed by atoms with E-state index in [4.69, 9.17) is 35.4 Å². The average molecular weight is 402 g/mol. The predicted molar refractivity (Wildman–Crippen MR) is 112 cm³/mol. The Kier molecular flexibility index (Phi) is 5.83. The number of aromatic nitrogens is 1. The molecular formula is C19H13Cl2N3OS. The minimum Gasteiger partial charge on any atom is -0.332 e. The third kappa shape index (κ3) is 4.58. The molecule has 7 heteroatoms. The van der Waals surface area contributed by atoms with Gasteiger partial charge in [0, 0.05) is 33.4 Å². The molecule has 26 heavy (non-hydrogen) atoms. The molecular weight excluding hydrogens is 389 g/mol. The van der Waals surface area contributed by atoms with Gasteiger partial charge in [0.15, 0.2) is 5.11 Å². The van der Waals surface area contributed by atoms with Crippen molar-refractivity contribution in [2.24, 2.45) is 0 Å². The van der Waals surface area contributed by atoms with Gasteiger partial charge in [-0.1, -0.05) is 35.3 Å². The molecule has 2 N–H and O–H groups in total. The van der Waals surface area contributed by atoms with Crippen molar-refractivity contribution in [3.8, 4) is 0 Å². The van der Waals surface area contributed by atoms with Gasteiger partial charge in [-0.2, -0.15) is 0 Å². The zero-order chi connectivity index (χ0) is 18.5. The van der Waals surface area contributed by atoms with Crippen molar-refractivity contribution in [1.29, 1.82) is 0 Å². The molecule has 2 aromatic carbocycles. The Morgan fingerprint density at radius 3 is 2.77 bits per heavy atom.